The lowest BCUT2D eigenvalue weighted by Gasteiger charge is -2.16. The molecule has 1 nitrogen and oxygen atoms in total. The Morgan fingerprint density at radius 1 is 0.923 bits per heavy atom. The molecule has 2 unspecified atom stereocenters. The highest BCUT2D eigenvalue weighted by Crippen LogP contribution is 2.54. The average molecular weight is 179 g/mol. The van der Waals surface area contributed by atoms with Crippen LogP contribution in [0.1, 0.15) is 44.9 Å². The molecule has 0 aromatic heterocycles. The second-order valence-electron chi connectivity index (χ2n) is 5.48. The molecule has 3 rings (SSSR count). The van der Waals surface area contributed by atoms with Crippen molar-refractivity contribution in [2.75, 3.05) is 6.54 Å². The lowest BCUT2D eigenvalue weighted by Crippen LogP contribution is -2.30. The largest absolute Gasteiger partial charge is 0.314 e. The fraction of sp³-hybridized carbons (Fsp3) is 1.00. The summed E-state index contributed by atoms with van der Waals surface area (Å²) in [6.07, 6.45) is 10.5. The SMILES string of the molecule is C1CCC(NCC2CC3CC3C2)C1. The number of fused-ring (bicyclic) bond motifs is 1. The van der Waals surface area contributed by atoms with Crippen LogP contribution < -0.4 is 5.32 Å². The maximum Gasteiger partial charge on any atom is 0.00671 e. The molecule has 0 spiro atoms. The maximum atomic E-state index is 3.76. The van der Waals surface area contributed by atoms with Gasteiger partial charge in [0.2, 0.25) is 0 Å². The minimum Gasteiger partial charge on any atom is -0.314 e. The number of nitrogens with one attached hydrogen (secondary N) is 1. The van der Waals surface area contributed by atoms with Crippen LogP contribution in [0, 0.1) is 17.8 Å². The fourth-order valence-electron chi connectivity index (χ4n) is 3.47. The van der Waals surface area contributed by atoms with Gasteiger partial charge < -0.3 is 5.32 Å². The third-order valence-corrected chi connectivity index (χ3v) is 4.39. The molecule has 3 fully saturated rings. The minimum atomic E-state index is 0.886. The molecule has 3 aliphatic carbocycles. The molecule has 3 saturated carbocycles. The molecule has 0 amide bonds. The summed E-state index contributed by atoms with van der Waals surface area (Å²) in [5, 5.41) is 3.76. The summed E-state index contributed by atoms with van der Waals surface area (Å²) in [4.78, 5) is 0. The van der Waals surface area contributed by atoms with E-state index in [-0.39, 0.29) is 0 Å². The summed E-state index contributed by atoms with van der Waals surface area (Å²) in [6.45, 7) is 1.33. The Hall–Kier alpha value is -0.0400. The van der Waals surface area contributed by atoms with E-state index in [4.69, 9.17) is 0 Å². The van der Waals surface area contributed by atoms with Gasteiger partial charge in [-0.2, -0.15) is 0 Å². The van der Waals surface area contributed by atoms with Gasteiger partial charge in [-0.15, -0.1) is 0 Å². The lowest BCUT2D eigenvalue weighted by molar-refractivity contribution is 0.408. The van der Waals surface area contributed by atoms with Crippen LogP contribution in [-0.4, -0.2) is 12.6 Å². The molecule has 0 bridgehead atoms. The van der Waals surface area contributed by atoms with Crippen LogP contribution in [0.5, 0.6) is 0 Å². The van der Waals surface area contributed by atoms with Crippen LogP contribution in [0.25, 0.3) is 0 Å². The van der Waals surface area contributed by atoms with E-state index in [0.29, 0.717) is 0 Å². The topological polar surface area (TPSA) is 12.0 Å². The first-order valence-electron chi connectivity index (χ1n) is 6.15. The number of rotatable bonds is 3. The zero-order valence-corrected chi connectivity index (χ0v) is 8.47. The first-order chi connectivity index (χ1) is 6.42. The molecule has 0 heterocycles. The molecule has 0 aliphatic heterocycles. The molecular weight excluding hydrogens is 158 g/mol. The highest BCUT2D eigenvalue weighted by Gasteiger charge is 2.45. The molecule has 0 aromatic carbocycles. The smallest absolute Gasteiger partial charge is 0.00671 e. The molecule has 1 N–H and O–H groups in total. The van der Waals surface area contributed by atoms with Crippen LogP contribution in [0.4, 0.5) is 0 Å². The van der Waals surface area contributed by atoms with E-state index in [1.54, 1.807) is 19.3 Å². The Kier molecular flexibility index (Phi) is 2.08. The predicted octanol–water partition coefficient (Wildman–Crippen LogP) is 2.56. The summed E-state index contributed by atoms with van der Waals surface area (Å²) in [6, 6.07) is 0.886. The van der Waals surface area contributed by atoms with E-state index in [1.807, 2.05) is 0 Å². The van der Waals surface area contributed by atoms with E-state index >= 15 is 0 Å². The second-order valence-corrected chi connectivity index (χ2v) is 5.48. The van der Waals surface area contributed by atoms with E-state index < -0.39 is 0 Å². The zero-order chi connectivity index (χ0) is 8.67. The Balaban J connectivity index is 1.38. The first kappa shape index (κ1) is 8.28. The quantitative estimate of drug-likeness (QED) is 0.702. The van der Waals surface area contributed by atoms with Crippen molar-refractivity contribution in [1.29, 1.82) is 0 Å². The first-order valence-corrected chi connectivity index (χ1v) is 6.15. The van der Waals surface area contributed by atoms with E-state index in [0.717, 1.165) is 23.8 Å². The normalized spacial score (nSPS) is 43.8. The van der Waals surface area contributed by atoms with Crippen LogP contribution >= 0.6 is 0 Å². The molecule has 1 heteroatoms. The Bertz CT molecular complexity index is 174. The van der Waals surface area contributed by atoms with E-state index in [9.17, 15) is 0 Å². The van der Waals surface area contributed by atoms with Crippen molar-refractivity contribution in [1.82, 2.24) is 5.32 Å². The Morgan fingerprint density at radius 2 is 1.62 bits per heavy atom. The standard InChI is InChI=1S/C12H21N/c1-2-4-12(3-1)13-8-9-5-10-7-11(10)6-9/h9-13H,1-8H2. The van der Waals surface area contributed by atoms with Crippen molar-refractivity contribution in [2.45, 2.75) is 51.0 Å². The summed E-state index contributed by atoms with van der Waals surface area (Å²) in [5.41, 5.74) is 0. The van der Waals surface area contributed by atoms with Gasteiger partial charge in [0, 0.05) is 6.04 Å². The fourth-order valence-corrected chi connectivity index (χ4v) is 3.47. The molecule has 0 aromatic rings. The van der Waals surface area contributed by atoms with Gasteiger partial charge in [-0.05, 0) is 56.4 Å². The van der Waals surface area contributed by atoms with Crippen LogP contribution in [-0.2, 0) is 0 Å². The minimum absolute atomic E-state index is 0.886. The van der Waals surface area contributed by atoms with Crippen molar-refractivity contribution in [2.24, 2.45) is 17.8 Å². The highest BCUT2D eigenvalue weighted by atomic mass is 14.9. The van der Waals surface area contributed by atoms with Gasteiger partial charge in [0.25, 0.3) is 0 Å². The van der Waals surface area contributed by atoms with E-state index in [2.05, 4.69) is 5.32 Å². The summed E-state index contributed by atoms with van der Waals surface area (Å²) in [7, 11) is 0. The van der Waals surface area contributed by atoms with E-state index in [1.165, 1.54) is 32.2 Å². The molecular formula is C12H21N. The van der Waals surface area contributed by atoms with Gasteiger partial charge in [0.05, 0.1) is 0 Å². The molecule has 0 radical (unpaired) electrons. The Labute approximate surface area is 81.3 Å². The predicted molar refractivity (Wildman–Crippen MR) is 54.6 cm³/mol. The van der Waals surface area contributed by atoms with Crippen molar-refractivity contribution in [3.63, 3.8) is 0 Å². The zero-order valence-electron chi connectivity index (χ0n) is 8.47. The summed E-state index contributed by atoms with van der Waals surface area (Å²) >= 11 is 0. The van der Waals surface area contributed by atoms with Crippen molar-refractivity contribution in [3.8, 4) is 0 Å². The van der Waals surface area contributed by atoms with Crippen LogP contribution in [0.3, 0.4) is 0 Å². The van der Waals surface area contributed by atoms with Gasteiger partial charge in [0.1, 0.15) is 0 Å². The van der Waals surface area contributed by atoms with Crippen molar-refractivity contribution < 1.29 is 0 Å². The Morgan fingerprint density at radius 3 is 2.31 bits per heavy atom. The number of hydrogen-bond donors (Lipinski definition) is 1. The van der Waals surface area contributed by atoms with Crippen LogP contribution in [0.15, 0.2) is 0 Å². The van der Waals surface area contributed by atoms with Crippen LogP contribution in [0.2, 0.25) is 0 Å². The van der Waals surface area contributed by atoms with Gasteiger partial charge in [0.15, 0.2) is 0 Å². The molecule has 74 valence electrons. The third-order valence-electron chi connectivity index (χ3n) is 4.39. The van der Waals surface area contributed by atoms with Gasteiger partial charge in [-0.25, -0.2) is 0 Å². The van der Waals surface area contributed by atoms with Gasteiger partial charge in [-0.1, -0.05) is 12.8 Å². The maximum absolute atomic E-state index is 3.76. The third kappa shape index (κ3) is 1.76. The molecule has 3 aliphatic rings. The van der Waals surface area contributed by atoms with Gasteiger partial charge in [-0.3, -0.25) is 0 Å². The monoisotopic (exact) mass is 179 g/mol. The second kappa shape index (κ2) is 3.27. The molecule has 0 saturated heterocycles. The molecule has 2 atom stereocenters. The summed E-state index contributed by atoms with van der Waals surface area (Å²) in [5.74, 6) is 3.37. The average Bonchev–Trinajstić information content (AvgIpc) is 2.64. The summed E-state index contributed by atoms with van der Waals surface area (Å²) < 4.78 is 0. The molecule has 13 heavy (non-hydrogen) atoms. The van der Waals surface area contributed by atoms with Crippen molar-refractivity contribution in [3.05, 3.63) is 0 Å². The lowest BCUT2D eigenvalue weighted by atomic mass is 10.0. The van der Waals surface area contributed by atoms with Gasteiger partial charge >= 0.3 is 0 Å². The number of hydrogen-bond acceptors (Lipinski definition) is 1. The highest BCUT2D eigenvalue weighted by molar-refractivity contribution is 4.96. The van der Waals surface area contributed by atoms with Crippen molar-refractivity contribution >= 4 is 0 Å².